The van der Waals surface area contributed by atoms with Crippen LogP contribution < -0.4 is 15.9 Å². The van der Waals surface area contributed by atoms with Crippen molar-refractivity contribution in [3.05, 3.63) is 65.7 Å². The summed E-state index contributed by atoms with van der Waals surface area (Å²) in [5.74, 6) is -0.501. The van der Waals surface area contributed by atoms with Crippen LogP contribution in [0.25, 0.3) is 0 Å². The van der Waals surface area contributed by atoms with Gasteiger partial charge in [-0.1, -0.05) is 30.3 Å². The Kier molecular flexibility index (Phi) is 6.02. The maximum absolute atomic E-state index is 12.2. The molecule has 0 heterocycles. The molecule has 0 aromatic heterocycles. The fraction of sp³-hybridized carbons (Fsp3) is 0.125. The van der Waals surface area contributed by atoms with Gasteiger partial charge in [-0.3, -0.25) is 15.2 Å². The van der Waals surface area contributed by atoms with Gasteiger partial charge >= 0.3 is 6.61 Å². The molecule has 0 aliphatic rings. The number of alkyl halides is 2. The van der Waals surface area contributed by atoms with Gasteiger partial charge < -0.3 is 10.5 Å². The van der Waals surface area contributed by atoms with E-state index < -0.39 is 12.5 Å². The van der Waals surface area contributed by atoms with Crippen LogP contribution in [0.5, 0.6) is 5.75 Å². The van der Waals surface area contributed by atoms with Crippen LogP contribution in [0, 0.1) is 0 Å². The number of carbonyl (C=O) groups excluding carboxylic acids is 1. The van der Waals surface area contributed by atoms with Crippen LogP contribution in [-0.4, -0.2) is 22.6 Å². The van der Waals surface area contributed by atoms with Crippen molar-refractivity contribution in [2.75, 3.05) is 0 Å². The van der Waals surface area contributed by atoms with Crippen LogP contribution in [0.15, 0.2) is 54.6 Å². The van der Waals surface area contributed by atoms with Gasteiger partial charge in [0.15, 0.2) is 5.11 Å². The minimum Gasteiger partial charge on any atom is -0.435 e. The molecule has 0 aliphatic heterocycles. The van der Waals surface area contributed by atoms with Gasteiger partial charge in [-0.05, 0) is 42.0 Å². The average Bonchev–Trinajstić information content (AvgIpc) is 2.55. The Labute approximate surface area is 143 Å². The van der Waals surface area contributed by atoms with Crippen molar-refractivity contribution >= 4 is 23.2 Å². The fourth-order valence-corrected chi connectivity index (χ4v) is 2.02. The van der Waals surface area contributed by atoms with Crippen LogP contribution in [-0.2, 0) is 6.54 Å². The lowest BCUT2D eigenvalue weighted by Gasteiger charge is -2.23. The van der Waals surface area contributed by atoms with Crippen LogP contribution >= 0.6 is 12.2 Å². The number of carbonyl (C=O) groups is 1. The van der Waals surface area contributed by atoms with E-state index in [1.807, 2.05) is 30.3 Å². The van der Waals surface area contributed by atoms with Gasteiger partial charge in [-0.15, -0.1) is 0 Å². The number of benzene rings is 2. The summed E-state index contributed by atoms with van der Waals surface area (Å²) in [6, 6.07) is 14.6. The molecule has 0 saturated carbocycles. The molecule has 0 radical (unpaired) electrons. The van der Waals surface area contributed by atoms with Crippen molar-refractivity contribution in [3.63, 3.8) is 0 Å². The lowest BCUT2D eigenvalue weighted by Crippen LogP contribution is -2.48. The molecular formula is C16H15F2N3O2S. The topological polar surface area (TPSA) is 67.6 Å². The number of nitrogens with two attached hydrogens (primary N) is 1. The number of thiocarbonyl (C=S) groups is 1. The van der Waals surface area contributed by atoms with Crippen molar-refractivity contribution in [3.8, 4) is 5.75 Å². The Morgan fingerprint density at radius 1 is 1.17 bits per heavy atom. The molecule has 0 atom stereocenters. The molecule has 5 nitrogen and oxygen atoms in total. The van der Waals surface area contributed by atoms with Crippen LogP contribution in [0.1, 0.15) is 15.9 Å². The molecule has 2 aromatic rings. The van der Waals surface area contributed by atoms with Gasteiger partial charge in [-0.25, -0.2) is 0 Å². The summed E-state index contributed by atoms with van der Waals surface area (Å²) < 4.78 is 28.5. The summed E-state index contributed by atoms with van der Waals surface area (Å²) in [6.07, 6.45) is 0. The van der Waals surface area contributed by atoms with Gasteiger partial charge in [0, 0.05) is 5.56 Å². The third kappa shape index (κ3) is 5.17. The van der Waals surface area contributed by atoms with E-state index >= 15 is 0 Å². The van der Waals surface area contributed by atoms with Crippen molar-refractivity contribution < 1.29 is 18.3 Å². The number of ether oxygens (including phenoxy) is 1. The summed E-state index contributed by atoms with van der Waals surface area (Å²) in [4.78, 5) is 12.2. The minimum absolute atomic E-state index is 0.00450. The van der Waals surface area contributed by atoms with Gasteiger partial charge in [-0.2, -0.15) is 8.78 Å². The number of hydrogen-bond donors (Lipinski definition) is 2. The molecule has 2 rings (SSSR count). The van der Waals surface area contributed by atoms with Crippen molar-refractivity contribution in [2.45, 2.75) is 13.2 Å². The highest BCUT2D eigenvalue weighted by Crippen LogP contribution is 2.15. The number of nitrogens with zero attached hydrogens (tertiary/aromatic N) is 1. The first kappa shape index (κ1) is 17.6. The quantitative estimate of drug-likeness (QED) is 0.640. The predicted octanol–water partition coefficient (Wildman–Crippen LogP) is 2.68. The summed E-state index contributed by atoms with van der Waals surface area (Å²) in [7, 11) is 0. The first-order chi connectivity index (χ1) is 11.5. The molecule has 0 spiro atoms. The summed E-state index contributed by atoms with van der Waals surface area (Å²) in [5, 5.41) is 1.33. The van der Waals surface area contributed by atoms with E-state index in [9.17, 15) is 13.6 Å². The summed E-state index contributed by atoms with van der Waals surface area (Å²) >= 11 is 4.94. The zero-order chi connectivity index (χ0) is 17.5. The molecule has 0 bridgehead atoms. The molecular weight excluding hydrogens is 336 g/mol. The molecule has 126 valence electrons. The highest BCUT2D eigenvalue weighted by Gasteiger charge is 2.13. The first-order valence-electron chi connectivity index (χ1n) is 6.92. The highest BCUT2D eigenvalue weighted by atomic mass is 32.1. The van der Waals surface area contributed by atoms with E-state index in [0.717, 1.165) is 5.56 Å². The Balaban J connectivity index is 2.03. The Hall–Kier alpha value is -2.74. The zero-order valence-electron chi connectivity index (χ0n) is 12.5. The van der Waals surface area contributed by atoms with E-state index in [1.165, 1.54) is 29.3 Å². The molecule has 2 aromatic carbocycles. The minimum atomic E-state index is -2.92. The van der Waals surface area contributed by atoms with Gasteiger partial charge in [0.05, 0.1) is 6.54 Å². The molecule has 1 amide bonds. The summed E-state index contributed by atoms with van der Waals surface area (Å²) in [6.45, 7) is -2.62. The number of hydrogen-bond acceptors (Lipinski definition) is 3. The molecule has 8 heteroatoms. The Morgan fingerprint density at radius 2 is 1.79 bits per heavy atom. The molecule has 0 saturated heterocycles. The SMILES string of the molecule is NC(=S)N(Cc1ccccc1)NC(=O)c1ccc(OC(F)F)cc1. The van der Waals surface area contributed by atoms with Crippen LogP contribution in [0.3, 0.4) is 0 Å². The molecule has 3 N–H and O–H groups in total. The Bertz CT molecular complexity index is 696. The third-order valence-electron chi connectivity index (χ3n) is 3.03. The molecule has 0 aliphatic carbocycles. The van der Waals surface area contributed by atoms with E-state index in [0.29, 0.717) is 6.54 Å². The van der Waals surface area contributed by atoms with Crippen molar-refractivity contribution in [2.24, 2.45) is 5.73 Å². The molecule has 24 heavy (non-hydrogen) atoms. The number of hydrazine groups is 1. The van der Waals surface area contributed by atoms with Gasteiger partial charge in [0.25, 0.3) is 5.91 Å². The second kappa shape index (κ2) is 8.21. The number of halogens is 2. The van der Waals surface area contributed by atoms with E-state index in [-0.39, 0.29) is 16.4 Å². The molecule has 0 unspecified atom stereocenters. The highest BCUT2D eigenvalue weighted by molar-refractivity contribution is 7.80. The van der Waals surface area contributed by atoms with E-state index in [2.05, 4.69) is 10.2 Å². The largest absolute Gasteiger partial charge is 0.435 e. The standard InChI is InChI=1S/C16H15F2N3O2S/c17-15(18)23-13-8-6-12(7-9-13)14(22)20-21(16(19)24)10-11-4-2-1-3-5-11/h1-9,15H,10H2,(H2,19,24)(H,20,22). The van der Waals surface area contributed by atoms with E-state index in [1.54, 1.807) is 0 Å². The lowest BCUT2D eigenvalue weighted by molar-refractivity contribution is -0.0498. The molecule has 0 fully saturated rings. The zero-order valence-corrected chi connectivity index (χ0v) is 13.3. The number of rotatable bonds is 5. The van der Waals surface area contributed by atoms with Crippen molar-refractivity contribution in [1.29, 1.82) is 0 Å². The van der Waals surface area contributed by atoms with Gasteiger partial charge in [0.1, 0.15) is 5.75 Å². The normalized spacial score (nSPS) is 10.3. The second-order valence-corrected chi connectivity index (χ2v) is 5.17. The van der Waals surface area contributed by atoms with Crippen molar-refractivity contribution in [1.82, 2.24) is 10.4 Å². The predicted molar refractivity (Wildman–Crippen MR) is 89.3 cm³/mol. The monoisotopic (exact) mass is 351 g/mol. The number of amides is 1. The first-order valence-corrected chi connectivity index (χ1v) is 7.33. The lowest BCUT2D eigenvalue weighted by atomic mass is 10.2. The summed E-state index contributed by atoms with van der Waals surface area (Å²) in [5.41, 5.74) is 9.37. The van der Waals surface area contributed by atoms with E-state index in [4.69, 9.17) is 18.0 Å². The smallest absolute Gasteiger partial charge is 0.387 e. The van der Waals surface area contributed by atoms with Gasteiger partial charge in [0.2, 0.25) is 0 Å². The maximum Gasteiger partial charge on any atom is 0.387 e. The fourth-order valence-electron chi connectivity index (χ4n) is 1.91. The number of nitrogens with one attached hydrogen (secondary N) is 1. The third-order valence-corrected chi connectivity index (χ3v) is 3.25. The second-order valence-electron chi connectivity index (χ2n) is 4.75. The van der Waals surface area contributed by atoms with Crippen LogP contribution in [0.2, 0.25) is 0 Å². The Morgan fingerprint density at radius 3 is 2.33 bits per heavy atom. The average molecular weight is 351 g/mol. The maximum atomic E-state index is 12.2. The van der Waals surface area contributed by atoms with Crippen LogP contribution in [0.4, 0.5) is 8.78 Å².